The molecule has 1 aliphatic carbocycles. The number of rotatable bonds is 4. The Morgan fingerprint density at radius 1 is 1.12 bits per heavy atom. The van der Waals surface area contributed by atoms with Crippen LogP contribution in [0.4, 0.5) is 0 Å². The molecule has 1 aromatic rings. The van der Waals surface area contributed by atoms with Gasteiger partial charge in [0.15, 0.2) is 0 Å². The molecular formula is C16H22. The van der Waals surface area contributed by atoms with Gasteiger partial charge < -0.3 is 0 Å². The van der Waals surface area contributed by atoms with Crippen LogP contribution in [0.15, 0.2) is 42.0 Å². The Bertz CT molecular complexity index is 334. The van der Waals surface area contributed by atoms with Crippen LogP contribution < -0.4 is 0 Å². The van der Waals surface area contributed by atoms with Crippen LogP contribution in [0.3, 0.4) is 0 Å². The average molecular weight is 214 g/mol. The zero-order valence-corrected chi connectivity index (χ0v) is 10.3. The van der Waals surface area contributed by atoms with Crippen LogP contribution >= 0.6 is 0 Å². The van der Waals surface area contributed by atoms with E-state index in [1.54, 1.807) is 5.57 Å². The Hall–Kier alpha value is -1.04. The van der Waals surface area contributed by atoms with Crippen molar-refractivity contribution in [3.63, 3.8) is 0 Å². The highest BCUT2D eigenvalue weighted by Crippen LogP contribution is 2.26. The minimum atomic E-state index is 0.698. The Balaban J connectivity index is 1.84. The van der Waals surface area contributed by atoms with E-state index in [0.717, 1.165) is 0 Å². The zero-order valence-electron chi connectivity index (χ0n) is 10.3. The Morgan fingerprint density at radius 3 is 2.62 bits per heavy atom. The van der Waals surface area contributed by atoms with E-state index >= 15 is 0 Å². The molecule has 0 N–H and O–H groups in total. The van der Waals surface area contributed by atoms with Gasteiger partial charge in [0, 0.05) is 0 Å². The van der Waals surface area contributed by atoms with E-state index in [1.165, 1.54) is 44.1 Å². The summed E-state index contributed by atoms with van der Waals surface area (Å²) in [5, 5.41) is 0. The summed E-state index contributed by atoms with van der Waals surface area (Å²) >= 11 is 0. The van der Waals surface area contributed by atoms with Crippen LogP contribution in [0.5, 0.6) is 0 Å². The number of hydrogen-bond acceptors (Lipinski definition) is 0. The summed E-state index contributed by atoms with van der Waals surface area (Å²) in [6.45, 7) is 2.35. The van der Waals surface area contributed by atoms with Gasteiger partial charge in [-0.3, -0.25) is 0 Å². The average Bonchev–Trinajstić information content (AvgIpc) is 2.38. The molecule has 0 amide bonds. The zero-order chi connectivity index (χ0) is 11.2. The lowest BCUT2D eigenvalue weighted by Gasteiger charge is -2.16. The van der Waals surface area contributed by atoms with Gasteiger partial charge in [0.05, 0.1) is 0 Å². The third-order valence-corrected chi connectivity index (χ3v) is 3.65. The molecule has 1 aromatic carbocycles. The van der Waals surface area contributed by atoms with E-state index in [0.29, 0.717) is 5.92 Å². The molecule has 0 aliphatic heterocycles. The molecule has 0 heteroatoms. The van der Waals surface area contributed by atoms with Gasteiger partial charge in [0.25, 0.3) is 0 Å². The smallest absolute Gasteiger partial charge is 0.0187 e. The van der Waals surface area contributed by atoms with Gasteiger partial charge in [-0.15, -0.1) is 0 Å². The lowest BCUT2D eigenvalue weighted by molar-refractivity contribution is 0.621. The maximum absolute atomic E-state index is 2.47. The minimum absolute atomic E-state index is 0.698. The first kappa shape index (κ1) is 11.4. The number of benzene rings is 1. The summed E-state index contributed by atoms with van der Waals surface area (Å²) in [5.74, 6) is 0.698. The summed E-state index contributed by atoms with van der Waals surface area (Å²) in [4.78, 5) is 0. The van der Waals surface area contributed by atoms with E-state index < -0.39 is 0 Å². The van der Waals surface area contributed by atoms with Crippen LogP contribution in [0.25, 0.3) is 0 Å². The second-order valence-corrected chi connectivity index (χ2v) is 4.96. The minimum Gasteiger partial charge on any atom is -0.0853 e. The summed E-state index contributed by atoms with van der Waals surface area (Å²) in [6, 6.07) is 10.9. The largest absolute Gasteiger partial charge is 0.0853 e. The van der Waals surface area contributed by atoms with E-state index in [9.17, 15) is 0 Å². The van der Waals surface area contributed by atoms with Crippen molar-refractivity contribution in [1.29, 1.82) is 0 Å². The normalized spacial score (nSPS) is 17.9. The second-order valence-electron chi connectivity index (χ2n) is 4.96. The van der Waals surface area contributed by atoms with Gasteiger partial charge >= 0.3 is 0 Å². The van der Waals surface area contributed by atoms with Crippen LogP contribution in [0.2, 0.25) is 0 Å². The molecule has 2 rings (SSSR count). The van der Waals surface area contributed by atoms with Crippen LogP contribution in [0.1, 0.15) is 56.9 Å². The predicted molar refractivity (Wildman–Crippen MR) is 70.6 cm³/mol. The van der Waals surface area contributed by atoms with Gasteiger partial charge in [0.1, 0.15) is 0 Å². The Morgan fingerprint density at radius 2 is 1.94 bits per heavy atom. The fourth-order valence-corrected chi connectivity index (χ4v) is 2.48. The van der Waals surface area contributed by atoms with Crippen molar-refractivity contribution in [3.05, 3.63) is 47.5 Å². The van der Waals surface area contributed by atoms with Crippen LogP contribution in [-0.4, -0.2) is 0 Å². The summed E-state index contributed by atoms with van der Waals surface area (Å²) in [6.07, 6.45) is 10.5. The standard InChI is InChI=1S/C16H22/c1-14(16-10-6-3-7-11-16)12-13-15-8-4-2-5-9-15/h3,6-8,10-11,14H,2,4-5,9,12-13H2,1H3. The number of hydrogen-bond donors (Lipinski definition) is 0. The first-order chi connectivity index (χ1) is 7.86. The Kier molecular flexibility index (Phi) is 4.21. The highest BCUT2D eigenvalue weighted by Gasteiger charge is 2.08. The van der Waals surface area contributed by atoms with Crippen molar-refractivity contribution in [2.75, 3.05) is 0 Å². The van der Waals surface area contributed by atoms with Gasteiger partial charge in [-0.05, 0) is 50.0 Å². The summed E-state index contributed by atoms with van der Waals surface area (Å²) in [7, 11) is 0. The summed E-state index contributed by atoms with van der Waals surface area (Å²) in [5.41, 5.74) is 3.19. The molecule has 0 saturated carbocycles. The summed E-state index contributed by atoms with van der Waals surface area (Å²) < 4.78 is 0. The van der Waals surface area contributed by atoms with E-state index in [1.807, 2.05) is 0 Å². The Labute approximate surface area is 99.4 Å². The van der Waals surface area contributed by atoms with Gasteiger partial charge in [0.2, 0.25) is 0 Å². The molecular weight excluding hydrogens is 192 g/mol. The maximum Gasteiger partial charge on any atom is -0.0187 e. The molecule has 0 radical (unpaired) electrons. The maximum atomic E-state index is 2.47. The van der Waals surface area contributed by atoms with E-state index in [2.05, 4.69) is 43.3 Å². The molecule has 86 valence electrons. The van der Waals surface area contributed by atoms with Crippen molar-refractivity contribution < 1.29 is 0 Å². The molecule has 1 aliphatic rings. The first-order valence-corrected chi connectivity index (χ1v) is 6.59. The number of allylic oxidation sites excluding steroid dienone is 2. The third kappa shape index (κ3) is 3.23. The molecule has 0 fully saturated rings. The van der Waals surface area contributed by atoms with Crippen molar-refractivity contribution in [3.8, 4) is 0 Å². The van der Waals surface area contributed by atoms with Crippen molar-refractivity contribution in [2.24, 2.45) is 0 Å². The van der Waals surface area contributed by atoms with Gasteiger partial charge in [-0.25, -0.2) is 0 Å². The molecule has 1 atom stereocenters. The lowest BCUT2D eigenvalue weighted by Crippen LogP contribution is -1.97. The molecule has 0 saturated heterocycles. The molecule has 0 spiro atoms. The SMILES string of the molecule is CC(CCC1=CCCCC1)c1ccccc1. The van der Waals surface area contributed by atoms with Crippen molar-refractivity contribution in [1.82, 2.24) is 0 Å². The molecule has 0 aromatic heterocycles. The van der Waals surface area contributed by atoms with Gasteiger partial charge in [-0.1, -0.05) is 48.9 Å². The lowest BCUT2D eigenvalue weighted by atomic mass is 9.90. The molecule has 0 heterocycles. The quantitative estimate of drug-likeness (QED) is 0.614. The van der Waals surface area contributed by atoms with Crippen LogP contribution in [0, 0.1) is 0 Å². The third-order valence-electron chi connectivity index (χ3n) is 3.65. The van der Waals surface area contributed by atoms with Crippen molar-refractivity contribution >= 4 is 0 Å². The highest BCUT2D eigenvalue weighted by molar-refractivity contribution is 5.19. The molecule has 0 nitrogen and oxygen atoms in total. The highest BCUT2D eigenvalue weighted by atomic mass is 14.1. The molecule has 16 heavy (non-hydrogen) atoms. The topological polar surface area (TPSA) is 0 Å². The van der Waals surface area contributed by atoms with Crippen molar-refractivity contribution in [2.45, 2.75) is 51.4 Å². The van der Waals surface area contributed by atoms with Crippen LogP contribution in [-0.2, 0) is 0 Å². The van der Waals surface area contributed by atoms with E-state index in [-0.39, 0.29) is 0 Å². The van der Waals surface area contributed by atoms with E-state index in [4.69, 9.17) is 0 Å². The predicted octanol–water partition coefficient (Wildman–Crippen LogP) is 5.07. The fourth-order valence-electron chi connectivity index (χ4n) is 2.48. The van der Waals surface area contributed by atoms with Gasteiger partial charge in [-0.2, -0.15) is 0 Å². The molecule has 1 unspecified atom stereocenters. The first-order valence-electron chi connectivity index (χ1n) is 6.59. The second kappa shape index (κ2) is 5.89. The fraction of sp³-hybridized carbons (Fsp3) is 0.500. The molecule has 0 bridgehead atoms. The monoisotopic (exact) mass is 214 g/mol.